The molecule has 0 aromatic heterocycles. The van der Waals surface area contributed by atoms with E-state index < -0.39 is 10.9 Å². The molecule has 1 rings (SSSR count). The summed E-state index contributed by atoms with van der Waals surface area (Å²) in [5.41, 5.74) is 7.75. The van der Waals surface area contributed by atoms with Gasteiger partial charge in [0.25, 0.3) is 0 Å². The molecule has 0 unspecified atom stereocenters. The second kappa shape index (κ2) is 6.39. The fraction of sp³-hybridized carbons (Fsp3) is 0.333. The Morgan fingerprint density at radius 2 is 1.79 bits per heavy atom. The summed E-state index contributed by atoms with van der Waals surface area (Å²) in [6.45, 7) is 4.32. The van der Waals surface area contributed by atoms with Crippen molar-refractivity contribution in [1.82, 2.24) is 0 Å². The molecular formula is C9H16N2O2S. The Kier molecular flexibility index (Phi) is 5.91. The third-order valence-corrected chi connectivity index (χ3v) is 1.58. The molecule has 5 heteroatoms. The van der Waals surface area contributed by atoms with Crippen molar-refractivity contribution in [2.75, 3.05) is 5.73 Å². The minimum absolute atomic E-state index is 0.573. The highest BCUT2D eigenvalue weighted by Gasteiger charge is 1.96. The first-order valence-electron chi connectivity index (χ1n) is 4.18. The first kappa shape index (κ1) is 12.9. The fourth-order valence-electron chi connectivity index (χ4n) is 0.918. The number of nitrogens with two attached hydrogens (primary N) is 2. The fourth-order valence-corrected chi connectivity index (χ4v) is 0.918. The van der Waals surface area contributed by atoms with Gasteiger partial charge in [0.05, 0.1) is 0 Å². The van der Waals surface area contributed by atoms with Crippen LogP contribution in [-0.2, 0) is 10.9 Å². The van der Waals surface area contributed by atoms with Crippen LogP contribution in [0.4, 0.5) is 5.69 Å². The van der Waals surface area contributed by atoms with E-state index in [1.54, 1.807) is 0 Å². The monoisotopic (exact) mass is 216 g/mol. The van der Waals surface area contributed by atoms with Crippen molar-refractivity contribution in [3.8, 4) is 0 Å². The van der Waals surface area contributed by atoms with Crippen molar-refractivity contribution >= 4 is 16.6 Å². The predicted octanol–water partition coefficient (Wildman–Crippen LogP) is 0.864. The maximum atomic E-state index is 8.81. The van der Waals surface area contributed by atoms with Gasteiger partial charge in [0, 0.05) is 5.69 Å². The van der Waals surface area contributed by atoms with Crippen molar-refractivity contribution in [2.24, 2.45) is 5.14 Å². The summed E-state index contributed by atoms with van der Waals surface area (Å²) < 4.78 is 17.6. The molecule has 1 aromatic carbocycles. The van der Waals surface area contributed by atoms with Gasteiger partial charge in [0.1, 0.15) is 0 Å². The zero-order valence-corrected chi connectivity index (χ0v) is 9.20. The Balaban J connectivity index is 0.000000364. The van der Waals surface area contributed by atoms with Gasteiger partial charge in [-0.2, -0.15) is 0 Å². The number of thiol groups is 1. The van der Waals surface area contributed by atoms with Crippen LogP contribution < -0.4 is 10.9 Å². The van der Waals surface area contributed by atoms with Crippen molar-refractivity contribution in [3.05, 3.63) is 29.8 Å². The zero-order chi connectivity index (χ0) is 11.1. The van der Waals surface area contributed by atoms with E-state index in [-0.39, 0.29) is 0 Å². The minimum atomic E-state index is -2.62. The molecule has 0 atom stereocenters. The van der Waals surface area contributed by atoms with Crippen LogP contribution in [0.1, 0.15) is 25.3 Å². The van der Waals surface area contributed by atoms with Crippen LogP contribution in [-0.4, -0.2) is 8.42 Å². The van der Waals surface area contributed by atoms with Gasteiger partial charge in [-0.3, -0.25) is 0 Å². The smallest absolute Gasteiger partial charge is 0.198 e. The van der Waals surface area contributed by atoms with Crippen LogP contribution in [0.2, 0.25) is 0 Å². The largest absolute Gasteiger partial charge is 0.399 e. The standard InChI is InChI=1S/C9H13N.H3NO2S/c1-7(2)8-4-3-5-9(10)6-8;1-4(2)3/h3-7H,10H2,1-2H3;4H,(H2,1,2,3). The molecule has 4 nitrogen and oxygen atoms in total. The number of nitrogen functional groups attached to an aromatic ring is 1. The van der Waals surface area contributed by atoms with Crippen molar-refractivity contribution < 1.29 is 8.42 Å². The third kappa shape index (κ3) is 6.45. The van der Waals surface area contributed by atoms with Gasteiger partial charge in [0.2, 0.25) is 0 Å². The van der Waals surface area contributed by atoms with E-state index in [1.165, 1.54) is 5.56 Å². The highest BCUT2D eigenvalue weighted by molar-refractivity contribution is 7.69. The minimum Gasteiger partial charge on any atom is -0.399 e. The molecule has 4 N–H and O–H groups in total. The van der Waals surface area contributed by atoms with E-state index in [0.29, 0.717) is 5.92 Å². The molecule has 0 saturated heterocycles. The van der Waals surface area contributed by atoms with Crippen molar-refractivity contribution in [1.29, 1.82) is 0 Å². The number of anilines is 1. The first-order valence-corrected chi connectivity index (χ1v) is 5.42. The molecule has 0 heterocycles. The summed E-state index contributed by atoms with van der Waals surface area (Å²) >= 11 is 0. The first-order chi connectivity index (χ1) is 6.43. The van der Waals surface area contributed by atoms with Gasteiger partial charge in [0.15, 0.2) is 10.9 Å². The lowest BCUT2D eigenvalue weighted by molar-refractivity contribution is 0.616. The highest BCUT2D eigenvalue weighted by Crippen LogP contribution is 2.15. The van der Waals surface area contributed by atoms with Gasteiger partial charge in [-0.05, 0) is 23.6 Å². The molecule has 0 bridgehead atoms. The SMILES string of the molecule is CC(C)c1cccc(N)c1.N[SH](=O)=O. The average Bonchev–Trinajstić information content (AvgIpc) is 2.03. The molecule has 14 heavy (non-hydrogen) atoms. The highest BCUT2D eigenvalue weighted by atomic mass is 32.2. The lowest BCUT2D eigenvalue weighted by Gasteiger charge is -2.04. The van der Waals surface area contributed by atoms with E-state index in [4.69, 9.17) is 14.2 Å². The van der Waals surface area contributed by atoms with Gasteiger partial charge in [-0.25, -0.2) is 13.6 Å². The summed E-state index contributed by atoms with van der Waals surface area (Å²) in [6, 6.07) is 8.02. The van der Waals surface area contributed by atoms with Gasteiger partial charge in [-0.15, -0.1) is 0 Å². The second-order valence-electron chi connectivity index (χ2n) is 3.11. The third-order valence-electron chi connectivity index (χ3n) is 1.58. The predicted molar refractivity (Wildman–Crippen MR) is 59.4 cm³/mol. The van der Waals surface area contributed by atoms with Crippen LogP contribution in [0, 0.1) is 0 Å². The molecule has 0 aliphatic rings. The second-order valence-corrected chi connectivity index (χ2v) is 3.68. The maximum absolute atomic E-state index is 8.81. The van der Waals surface area contributed by atoms with Gasteiger partial charge >= 0.3 is 0 Å². The van der Waals surface area contributed by atoms with E-state index in [0.717, 1.165) is 5.69 Å². The molecule has 0 fully saturated rings. The van der Waals surface area contributed by atoms with Crippen LogP contribution >= 0.6 is 0 Å². The zero-order valence-electron chi connectivity index (χ0n) is 8.31. The molecule has 0 radical (unpaired) electrons. The van der Waals surface area contributed by atoms with Gasteiger partial charge in [-0.1, -0.05) is 26.0 Å². The van der Waals surface area contributed by atoms with Crippen LogP contribution in [0.3, 0.4) is 0 Å². The number of hydrogen-bond acceptors (Lipinski definition) is 3. The summed E-state index contributed by atoms with van der Waals surface area (Å²) in [4.78, 5) is 0. The van der Waals surface area contributed by atoms with E-state index in [1.807, 2.05) is 18.2 Å². The Morgan fingerprint density at radius 1 is 1.29 bits per heavy atom. The van der Waals surface area contributed by atoms with Crippen molar-refractivity contribution in [3.63, 3.8) is 0 Å². The lowest BCUT2D eigenvalue weighted by atomic mass is 10.0. The maximum Gasteiger partial charge on any atom is 0.198 e. The van der Waals surface area contributed by atoms with E-state index in [2.05, 4.69) is 25.1 Å². The number of benzene rings is 1. The number of hydrogen-bond donors (Lipinski definition) is 3. The van der Waals surface area contributed by atoms with Gasteiger partial charge < -0.3 is 5.73 Å². The summed E-state index contributed by atoms with van der Waals surface area (Å²) in [7, 11) is -2.62. The average molecular weight is 216 g/mol. The molecule has 0 amide bonds. The molecule has 0 aliphatic carbocycles. The Labute approximate surface area is 86.0 Å². The summed E-state index contributed by atoms with van der Waals surface area (Å²) in [5, 5.41) is 4.06. The Hall–Kier alpha value is -1.07. The molecule has 0 saturated carbocycles. The van der Waals surface area contributed by atoms with Crippen molar-refractivity contribution in [2.45, 2.75) is 19.8 Å². The topological polar surface area (TPSA) is 86.2 Å². The molecule has 0 aliphatic heterocycles. The van der Waals surface area contributed by atoms with Crippen LogP contribution in [0.25, 0.3) is 0 Å². The summed E-state index contributed by atoms with van der Waals surface area (Å²) in [6.07, 6.45) is 0. The Bertz CT molecular complexity index is 340. The molecular weight excluding hydrogens is 200 g/mol. The van der Waals surface area contributed by atoms with Crippen LogP contribution in [0.15, 0.2) is 24.3 Å². The normalized spacial score (nSPS) is 9.79. The van der Waals surface area contributed by atoms with E-state index in [9.17, 15) is 0 Å². The van der Waals surface area contributed by atoms with E-state index >= 15 is 0 Å². The lowest BCUT2D eigenvalue weighted by Crippen LogP contribution is -1.89. The van der Waals surface area contributed by atoms with Crippen LogP contribution in [0.5, 0.6) is 0 Å². The molecule has 1 aromatic rings. The Morgan fingerprint density at radius 3 is 2.07 bits per heavy atom. The molecule has 80 valence electrons. The number of rotatable bonds is 1. The quantitative estimate of drug-likeness (QED) is 0.481. The summed E-state index contributed by atoms with van der Waals surface area (Å²) in [5.74, 6) is 0.573. The molecule has 0 spiro atoms.